The van der Waals surface area contributed by atoms with Gasteiger partial charge in [0.2, 0.25) is 0 Å². The fourth-order valence-corrected chi connectivity index (χ4v) is 5.92. The lowest BCUT2D eigenvalue weighted by molar-refractivity contribution is -0.111. The first-order valence-electron chi connectivity index (χ1n) is 13.5. The van der Waals surface area contributed by atoms with Crippen LogP contribution in [0, 0.1) is 11.8 Å². The predicted octanol–water partition coefficient (Wildman–Crippen LogP) is 3.81. The van der Waals surface area contributed by atoms with E-state index in [0.29, 0.717) is 41.3 Å². The van der Waals surface area contributed by atoms with Gasteiger partial charge in [-0.2, -0.15) is 0 Å². The van der Waals surface area contributed by atoms with Crippen molar-refractivity contribution in [2.75, 3.05) is 18.6 Å². The molecule has 1 aromatic carbocycles. The van der Waals surface area contributed by atoms with Crippen molar-refractivity contribution >= 4 is 51.5 Å². The molecule has 3 amide bonds. The number of nitrogens with two attached hydrogens (primary N) is 1. The number of hydrogen-bond donors (Lipinski definition) is 2. The number of methoxy groups -OCH3 is 1. The van der Waals surface area contributed by atoms with Gasteiger partial charge in [-0.3, -0.25) is 24.5 Å². The summed E-state index contributed by atoms with van der Waals surface area (Å²) in [7, 11) is 1.48. The molecule has 0 spiro atoms. The molecule has 0 unspecified atom stereocenters. The largest absolute Gasteiger partial charge is 0.496 e. The summed E-state index contributed by atoms with van der Waals surface area (Å²) in [5, 5.41) is 2.84. The van der Waals surface area contributed by atoms with Crippen molar-refractivity contribution in [3.8, 4) is 5.75 Å². The van der Waals surface area contributed by atoms with Crippen molar-refractivity contribution in [1.82, 2.24) is 19.9 Å². The van der Waals surface area contributed by atoms with E-state index in [9.17, 15) is 19.2 Å². The van der Waals surface area contributed by atoms with Crippen LogP contribution in [0.4, 0.5) is 9.93 Å². The van der Waals surface area contributed by atoms with Crippen LogP contribution in [0.25, 0.3) is 10.9 Å². The zero-order valence-electron chi connectivity index (χ0n) is 22.8. The second kappa shape index (κ2) is 11.4. The zero-order chi connectivity index (χ0) is 28.6. The average molecular weight is 567 g/mol. The molecule has 3 aromatic rings. The summed E-state index contributed by atoms with van der Waals surface area (Å²) in [5.74, 6) is 5.09. The van der Waals surface area contributed by atoms with Gasteiger partial charge in [0.05, 0.1) is 18.7 Å². The molecular formula is C28H34N6O5S. The molecule has 212 valence electrons. The van der Waals surface area contributed by atoms with Gasteiger partial charge < -0.3 is 14.4 Å². The number of aromatic nitrogens is 2. The number of nitrogens with zero attached hydrogens (tertiary/aromatic N) is 4. The number of hydrogen-bond acceptors (Lipinski definition) is 9. The molecule has 5 rings (SSSR count). The number of benzene rings is 1. The Balaban J connectivity index is 1.57. The standard InChI is InChI=1S/C28H34N6O5S/c1-16(2)13-32(18-9-10-18)28-30-21(15-40-28)25(36)33(19(14-35)11-17-7-8-17)26(37)23-12-20-22(34(23)27(38)31-29)5-4-6-24(20)39-3/h4-6,12,14-19H,7-11,13,29H2,1-3H3,(H,31,38)/t19-/m0/s1. The van der Waals surface area contributed by atoms with Crippen LogP contribution in [0.2, 0.25) is 0 Å². The summed E-state index contributed by atoms with van der Waals surface area (Å²) in [4.78, 5) is 61.3. The second-order valence-corrected chi connectivity index (χ2v) is 11.7. The molecule has 0 aliphatic heterocycles. The van der Waals surface area contributed by atoms with Crippen molar-refractivity contribution in [3.63, 3.8) is 0 Å². The minimum Gasteiger partial charge on any atom is -0.496 e. The Kier molecular flexibility index (Phi) is 7.90. The van der Waals surface area contributed by atoms with Gasteiger partial charge in [-0.05, 0) is 49.3 Å². The first-order chi connectivity index (χ1) is 19.3. The number of aldehydes is 1. The van der Waals surface area contributed by atoms with E-state index in [-0.39, 0.29) is 17.3 Å². The number of nitrogens with one attached hydrogen (secondary N) is 1. The molecule has 0 radical (unpaired) electrons. The molecular weight excluding hydrogens is 532 g/mol. The van der Waals surface area contributed by atoms with Gasteiger partial charge in [-0.25, -0.2) is 15.6 Å². The number of ether oxygens (including phenoxy) is 1. The predicted molar refractivity (Wildman–Crippen MR) is 152 cm³/mol. The van der Waals surface area contributed by atoms with Crippen LogP contribution in [0.15, 0.2) is 29.6 Å². The third-order valence-corrected chi connectivity index (χ3v) is 8.15. The molecule has 2 aliphatic carbocycles. The lowest BCUT2D eigenvalue weighted by Crippen LogP contribution is -2.47. The van der Waals surface area contributed by atoms with Gasteiger partial charge in [0.25, 0.3) is 11.8 Å². The highest BCUT2D eigenvalue weighted by atomic mass is 32.1. The Hall–Kier alpha value is -3.77. The molecule has 2 aromatic heterocycles. The lowest BCUT2D eigenvalue weighted by Gasteiger charge is -2.26. The Morgan fingerprint density at radius 3 is 2.58 bits per heavy atom. The van der Waals surface area contributed by atoms with Crippen LogP contribution in [0.5, 0.6) is 5.75 Å². The molecule has 0 bridgehead atoms. The minimum atomic E-state index is -1.01. The molecule has 2 aliphatic rings. The molecule has 1 atom stereocenters. The highest BCUT2D eigenvalue weighted by molar-refractivity contribution is 7.14. The van der Waals surface area contributed by atoms with Gasteiger partial charge >= 0.3 is 6.03 Å². The maximum absolute atomic E-state index is 14.2. The SMILES string of the molecule is COc1cccc2c1cc(C(=O)N(C(=O)c1csc(N(CC(C)C)C3CC3)n1)[C@H](C=O)CC1CC1)n2C(=O)NN. The van der Waals surface area contributed by atoms with Crippen LogP contribution in [0.3, 0.4) is 0 Å². The number of thiazole rings is 1. The summed E-state index contributed by atoms with van der Waals surface area (Å²) in [6, 6.07) is 5.12. The van der Waals surface area contributed by atoms with Crippen LogP contribution in [0.1, 0.15) is 66.9 Å². The number of rotatable bonds is 11. The minimum absolute atomic E-state index is 0.0916. The third kappa shape index (κ3) is 5.46. The Labute approximate surface area is 236 Å². The fourth-order valence-electron chi connectivity index (χ4n) is 5.04. The summed E-state index contributed by atoms with van der Waals surface area (Å²) in [5.41, 5.74) is 2.41. The number of hydrazine groups is 1. The van der Waals surface area contributed by atoms with Crippen molar-refractivity contribution < 1.29 is 23.9 Å². The Morgan fingerprint density at radius 2 is 1.98 bits per heavy atom. The molecule has 2 heterocycles. The number of carbonyl (C=O) groups excluding carboxylic acids is 4. The maximum Gasteiger partial charge on any atom is 0.340 e. The van der Waals surface area contributed by atoms with E-state index in [1.54, 1.807) is 23.6 Å². The Morgan fingerprint density at radius 1 is 1.23 bits per heavy atom. The molecule has 0 saturated heterocycles. The topological polar surface area (TPSA) is 140 Å². The number of fused-ring (bicyclic) bond motifs is 1. The molecule has 3 N–H and O–H groups in total. The van der Waals surface area contributed by atoms with Gasteiger partial charge in [0, 0.05) is 23.4 Å². The molecule has 2 fully saturated rings. The van der Waals surface area contributed by atoms with Gasteiger partial charge in [0.15, 0.2) is 5.13 Å². The van der Waals surface area contributed by atoms with E-state index in [1.165, 1.54) is 24.5 Å². The van der Waals surface area contributed by atoms with Crippen molar-refractivity contribution in [2.45, 2.75) is 58.0 Å². The van der Waals surface area contributed by atoms with E-state index >= 15 is 0 Å². The van der Waals surface area contributed by atoms with Crippen LogP contribution in [-0.4, -0.2) is 64.3 Å². The molecule has 12 heteroatoms. The van der Waals surface area contributed by atoms with Crippen LogP contribution in [-0.2, 0) is 4.79 Å². The summed E-state index contributed by atoms with van der Waals surface area (Å²) in [6.07, 6.45) is 5.00. The van der Waals surface area contributed by atoms with Gasteiger partial charge in [-0.15, -0.1) is 11.3 Å². The van der Waals surface area contributed by atoms with Crippen molar-refractivity contribution in [1.29, 1.82) is 0 Å². The number of amides is 3. The normalized spacial score (nSPS) is 15.6. The average Bonchev–Trinajstić information content (AvgIpc) is 3.87. The Bertz CT molecular complexity index is 1440. The van der Waals surface area contributed by atoms with E-state index in [2.05, 4.69) is 29.2 Å². The fraction of sp³-hybridized carbons (Fsp3) is 0.464. The molecule has 40 heavy (non-hydrogen) atoms. The third-order valence-electron chi connectivity index (χ3n) is 7.28. The van der Waals surface area contributed by atoms with Gasteiger partial charge in [-0.1, -0.05) is 32.8 Å². The van der Waals surface area contributed by atoms with Crippen molar-refractivity contribution in [2.24, 2.45) is 17.7 Å². The molecule has 2 saturated carbocycles. The zero-order valence-corrected chi connectivity index (χ0v) is 23.6. The first kappa shape index (κ1) is 27.8. The first-order valence-corrected chi connectivity index (χ1v) is 14.4. The summed E-state index contributed by atoms with van der Waals surface area (Å²) >= 11 is 1.35. The van der Waals surface area contributed by atoms with E-state index in [4.69, 9.17) is 10.6 Å². The number of anilines is 1. The van der Waals surface area contributed by atoms with Crippen LogP contribution < -0.4 is 20.9 Å². The highest BCUT2D eigenvalue weighted by Gasteiger charge is 2.39. The van der Waals surface area contributed by atoms with Crippen molar-refractivity contribution in [3.05, 3.63) is 41.0 Å². The smallest absolute Gasteiger partial charge is 0.340 e. The monoisotopic (exact) mass is 566 g/mol. The van der Waals surface area contributed by atoms with E-state index < -0.39 is 23.9 Å². The summed E-state index contributed by atoms with van der Waals surface area (Å²) < 4.78 is 6.54. The number of carbonyl (C=O) groups is 4. The maximum atomic E-state index is 14.2. The quantitative estimate of drug-likeness (QED) is 0.117. The van der Waals surface area contributed by atoms with Gasteiger partial charge in [0.1, 0.15) is 23.4 Å². The summed E-state index contributed by atoms with van der Waals surface area (Å²) in [6.45, 7) is 5.07. The van der Waals surface area contributed by atoms with E-state index in [0.717, 1.165) is 46.8 Å². The van der Waals surface area contributed by atoms with Crippen LogP contribution >= 0.6 is 11.3 Å². The second-order valence-electron chi connectivity index (χ2n) is 10.9. The number of imide groups is 1. The van der Waals surface area contributed by atoms with E-state index in [1.807, 2.05) is 0 Å². The number of nitrogen functional groups attached to an aromatic ring is 1. The lowest BCUT2D eigenvalue weighted by atomic mass is 10.1. The highest BCUT2D eigenvalue weighted by Crippen LogP contribution is 2.37. The molecule has 11 nitrogen and oxygen atoms in total.